The van der Waals surface area contributed by atoms with Crippen LogP contribution in [0.4, 0.5) is 0 Å². The van der Waals surface area contributed by atoms with Crippen LogP contribution in [0.5, 0.6) is 0 Å². The third-order valence-electron chi connectivity index (χ3n) is 3.69. The lowest BCUT2D eigenvalue weighted by atomic mass is 9.98. The first-order chi connectivity index (χ1) is 10.1. The van der Waals surface area contributed by atoms with E-state index in [1.54, 1.807) is 13.1 Å². The fourth-order valence-electron chi connectivity index (χ4n) is 2.57. The summed E-state index contributed by atoms with van der Waals surface area (Å²) in [5.74, 6) is -0.169. The molecule has 9 nitrogen and oxygen atoms in total. The van der Waals surface area contributed by atoms with E-state index in [-0.39, 0.29) is 12.5 Å². The molecule has 0 aromatic carbocycles. The average Bonchev–Trinajstić information content (AvgIpc) is 3.10. The summed E-state index contributed by atoms with van der Waals surface area (Å²) in [6.07, 6.45) is 2.46. The molecule has 0 bridgehead atoms. The van der Waals surface area contributed by atoms with Crippen molar-refractivity contribution in [3.8, 4) is 0 Å². The number of rotatable bonds is 3. The van der Waals surface area contributed by atoms with Crippen LogP contribution in [0, 0.1) is 6.92 Å². The number of ether oxygens (including phenoxy) is 1. The van der Waals surface area contributed by atoms with Crippen LogP contribution in [0.2, 0.25) is 0 Å². The molecule has 0 amide bonds. The fraction of sp³-hybridized carbons (Fsp3) is 0.500. The molecule has 2 aromatic heterocycles. The molecule has 3 N–H and O–H groups in total. The summed E-state index contributed by atoms with van der Waals surface area (Å²) in [5.41, 5.74) is 0.142. The quantitative estimate of drug-likeness (QED) is 0.668. The molecule has 0 saturated carbocycles. The van der Waals surface area contributed by atoms with Crippen molar-refractivity contribution in [2.75, 3.05) is 6.61 Å². The number of aliphatic hydroxyl groups is 1. The third-order valence-corrected chi connectivity index (χ3v) is 3.69. The predicted molar refractivity (Wildman–Crippen MR) is 70.8 cm³/mol. The van der Waals surface area contributed by atoms with Gasteiger partial charge in [-0.05, 0) is 6.92 Å². The first-order valence-corrected chi connectivity index (χ1v) is 6.54. The van der Waals surface area contributed by atoms with Gasteiger partial charge in [-0.1, -0.05) is 0 Å². The van der Waals surface area contributed by atoms with Gasteiger partial charge in [0.25, 0.3) is 5.56 Å². The van der Waals surface area contributed by atoms with Gasteiger partial charge in [-0.15, -0.1) is 0 Å². The van der Waals surface area contributed by atoms with Crippen LogP contribution in [0.15, 0.2) is 22.0 Å². The van der Waals surface area contributed by atoms with E-state index < -0.39 is 23.6 Å². The highest BCUT2D eigenvalue weighted by molar-refractivity contribution is 5.08. The summed E-state index contributed by atoms with van der Waals surface area (Å²) in [5, 5.41) is 19.7. The zero-order valence-corrected chi connectivity index (χ0v) is 11.3. The first-order valence-electron chi connectivity index (χ1n) is 6.54. The van der Waals surface area contributed by atoms with Gasteiger partial charge in [0, 0.05) is 24.1 Å². The lowest BCUT2D eigenvalue weighted by molar-refractivity contribution is -0.0278. The van der Waals surface area contributed by atoms with Crippen molar-refractivity contribution in [2.24, 2.45) is 0 Å². The average molecular weight is 293 g/mol. The molecule has 3 atom stereocenters. The van der Waals surface area contributed by atoms with Crippen LogP contribution >= 0.6 is 0 Å². The summed E-state index contributed by atoms with van der Waals surface area (Å²) in [7, 11) is 0. The van der Waals surface area contributed by atoms with Gasteiger partial charge in [0.2, 0.25) is 0 Å². The Bertz CT molecular complexity index is 735. The molecule has 0 radical (unpaired) electrons. The molecule has 1 aliphatic rings. The molecule has 1 fully saturated rings. The minimum absolute atomic E-state index is 0.169. The highest BCUT2D eigenvalue weighted by Gasteiger charge is 2.38. The molecule has 0 aliphatic carbocycles. The summed E-state index contributed by atoms with van der Waals surface area (Å²) >= 11 is 0. The normalized spacial score (nSPS) is 25.3. The van der Waals surface area contributed by atoms with E-state index in [2.05, 4.69) is 20.4 Å². The van der Waals surface area contributed by atoms with Crippen molar-refractivity contribution in [2.45, 2.75) is 31.6 Å². The molecular weight excluding hydrogens is 278 g/mol. The van der Waals surface area contributed by atoms with Gasteiger partial charge in [0.05, 0.1) is 24.6 Å². The Morgan fingerprint density at radius 1 is 1.52 bits per heavy atom. The Labute approximate surface area is 118 Å². The number of aromatic nitrogens is 5. The first kappa shape index (κ1) is 13.7. The van der Waals surface area contributed by atoms with Crippen LogP contribution in [0.25, 0.3) is 0 Å². The number of aryl methyl sites for hydroxylation is 1. The van der Waals surface area contributed by atoms with Gasteiger partial charge < -0.3 is 9.84 Å². The molecule has 2 aromatic rings. The molecule has 112 valence electrons. The Balaban J connectivity index is 1.93. The number of nitrogens with zero attached hydrogens (tertiary/aromatic N) is 3. The third kappa shape index (κ3) is 2.41. The standard InChI is InChI=1S/C12H15N5O4/c1-6-4-17(12(20)14-11(6)19)10-2-7(9(5-18)21-10)8-3-13-16-15-8/h3-4,7,9-10,18H,2,5H2,1H3,(H,13,15,16)(H,14,19,20)/t7?,9-,10-/m1/s1. The van der Waals surface area contributed by atoms with Crippen molar-refractivity contribution in [3.63, 3.8) is 0 Å². The monoisotopic (exact) mass is 293 g/mol. The van der Waals surface area contributed by atoms with Crippen LogP contribution in [-0.4, -0.2) is 42.8 Å². The molecule has 21 heavy (non-hydrogen) atoms. The van der Waals surface area contributed by atoms with E-state index in [0.29, 0.717) is 17.7 Å². The van der Waals surface area contributed by atoms with Gasteiger partial charge >= 0.3 is 5.69 Å². The summed E-state index contributed by atoms with van der Waals surface area (Å²) in [4.78, 5) is 25.5. The van der Waals surface area contributed by atoms with E-state index in [1.165, 1.54) is 10.8 Å². The van der Waals surface area contributed by atoms with Gasteiger partial charge in [0.15, 0.2) is 0 Å². The van der Waals surface area contributed by atoms with Crippen LogP contribution in [0.1, 0.15) is 29.8 Å². The second-order valence-corrected chi connectivity index (χ2v) is 5.03. The number of H-pyrrole nitrogens is 2. The Hall–Kier alpha value is -2.26. The molecule has 1 aliphatic heterocycles. The molecule has 3 heterocycles. The van der Waals surface area contributed by atoms with Crippen molar-refractivity contribution in [1.82, 2.24) is 25.0 Å². The zero-order chi connectivity index (χ0) is 15.0. The number of hydrogen-bond donors (Lipinski definition) is 3. The van der Waals surface area contributed by atoms with Crippen LogP contribution in [-0.2, 0) is 4.74 Å². The lowest BCUT2D eigenvalue weighted by Gasteiger charge is -2.15. The molecular formula is C12H15N5O4. The second-order valence-electron chi connectivity index (χ2n) is 5.03. The highest BCUT2D eigenvalue weighted by Crippen LogP contribution is 2.38. The molecule has 9 heteroatoms. The second kappa shape index (κ2) is 5.26. The Kier molecular flexibility index (Phi) is 3.43. The molecule has 0 spiro atoms. The molecule has 1 unspecified atom stereocenters. The number of nitrogens with one attached hydrogen (secondary N) is 2. The van der Waals surface area contributed by atoms with E-state index in [9.17, 15) is 14.7 Å². The Morgan fingerprint density at radius 3 is 3.00 bits per heavy atom. The van der Waals surface area contributed by atoms with E-state index in [1.807, 2.05) is 0 Å². The minimum Gasteiger partial charge on any atom is -0.394 e. The number of hydrogen-bond acceptors (Lipinski definition) is 6. The van der Waals surface area contributed by atoms with E-state index >= 15 is 0 Å². The maximum Gasteiger partial charge on any atom is 0.330 e. The van der Waals surface area contributed by atoms with Crippen LogP contribution in [0.3, 0.4) is 0 Å². The van der Waals surface area contributed by atoms with Crippen molar-refractivity contribution >= 4 is 0 Å². The lowest BCUT2D eigenvalue weighted by Crippen LogP contribution is -2.33. The topological polar surface area (TPSA) is 126 Å². The summed E-state index contributed by atoms with van der Waals surface area (Å²) in [6.45, 7) is 1.42. The SMILES string of the molecule is Cc1cn([C@H]2CC(c3cn[nH]n3)[C@@H](CO)O2)c(=O)[nH]c1=O. The Morgan fingerprint density at radius 2 is 2.33 bits per heavy atom. The number of aliphatic hydroxyl groups excluding tert-OH is 1. The van der Waals surface area contributed by atoms with Crippen LogP contribution < -0.4 is 11.2 Å². The smallest absolute Gasteiger partial charge is 0.330 e. The van der Waals surface area contributed by atoms with Crippen molar-refractivity contribution in [3.05, 3.63) is 44.5 Å². The fourth-order valence-corrected chi connectivity index (χ4v) is 2.57. The summed E-state index contributed by atoms with van der Waals surface area (Å²) < 4.78 is 7.05. The molecule has 1 saturated heterocycles. The zero-order valence-electron chi connectivity index (χ0n) is 11.3. The van der Waals surface area contributed by atoms with Crippen molar-refractivity contribution in [1.29, 1.82) is 0 Å². The largest absolute Gasteiger partial charge is 0.394 e. The summed E-state index contributed by atoms with van der Waals surface area (Å²) in [6, 6.07) is 0. The molecule has 3 rings (SSSR count). The maximum absolute atomic E-state index is 11.9. The van der Waals surface area contributed by atoms with E-state index in [0.717, 1.165) is 0 Å². The van der Waals surface area contributed by atoms with Gasteiger partial charge in [-0.25, -0.2) is 4.79 Å². The van der Waals surface area contributed by atoms with E-state index in [4.69, 9.17) is 4.74 Å². The van der Waals surface area contributed by atoms with Gasteiger partial charge in [-0.3, -0.25) is 14.3 Å². The van der Waals surface area contributed by atoms with Gasteiger partial charge in [0.1, 0.15) is 6.23 Å². The predicted octanol–water partition coefficient (Wildman–Crippen LogP) is -0.973. The van der Waals surface area contributed by atoms with Crippen molar-refractivity contribution < 1.29 is 9.84 Å². The maximum atomic E-state index is 11.9. The minimum atomic E-state index is -0.563. The highest BCUT2D eigenvalue weighted by atomic mass is 16.5. The van der Waals surface area contributed by atoms with Gasteiger partial charge in [-0.2, -0.15) is 15.4 Å². The number of aromatic amines is 2.